The Hall–Kier alpha value is -1.06. The lowest BCUT2D eigenvalue weighted by Crippen LogP contribution is -2.16. The van der Waals surface area contributed by atoms with Gasteiger partial charge in [-0.2, -0.15) is 0 Å². The molecule has 0 fully saturated rings. The number of hydrogen-bond acceptors (Lipinski definition) is 1. The highest BCUT2D eigenvalue weighted by Gasteiger charge is 1.97. The molecular formula is C11H8BrClN2. The van der Waals surface area contributed by atoms with Crippen molar-refractivity contribution in [2.45, 2.75) is 0 Å². The quantitative estimate of drug-likeness (QED) is 0.831. The van der Waals surface area contributed by atoms with Crippen LogP contribution >= 0.6 is 27.5 Å². The number of halogens is 2. The molecule has 2 rings (SSSR count). The summed E-state index contributed by atoms with van der Waals surface area (Å²) >= 11 is 9.18. The van der Waals surface area contributed by atoms with Crippen LogP contribution in [0.3, 0.4) is 0 Å². The topological polar surface area (TPSA) is 28.8 Å². The average molecular weight is 284 g/mol. The third-order valence-electron chi connectivity index (χ3n) is 2.02. The Labute approximate surface area is 101 Å². The van der Waals surface area contributed by atoms with E-state index in [2.05, 4.69) is 15.9 Å². The summed E-state index contributed by atoms with van der Waals surface area (Å²) in [6.45, 7) is 0. The highest BCUT2D eigenvalue weighted by molar-refractivity contribution is 9.10. The molecule has 0 aliphatic carbocycles. The van der Waals surface area contributed by atoms with E-state index in [0.29, 0.717) is 10.5 Å². The van der Waals surface area contributed by atoms with Crippen LogP contribution in [0.15, 0.2) is 47.1 Å². The molecular weight excluding hydrogens is 275 g/mol. The van der Waals surface area contributed by atoms with Crippen molar-refractivity contribution in [2.24, 2.45) is 0 Å². The van der Waals surface area contributed by atoms with Gasteiger partial charge in [0.05, 0.1) is 0 Å². The van der Waals surface area contributed by atoms with E-state index in [4.69, 9.17) is 17.0 Å². The molecule has 4 heteroatoms. The maximum absolute atomic E-state index is 7.77. The normalized spacial score (nSPS) is 10.3. The van der Waals surface area contributed by atoms with Gasteiger partial charge >= 0.3 is 0 Å². The zero-order valence-electron chi connectivity index (χ0n) is 7.74. The SMILES string of the molecule is N=c1ccc(Br)cn1-c1ccc(Cl)cc1. The molecule has 15 heavy (non-hydrogen) atoms. The van der Waals surface area contributed by atoms with E-state index in [1.807, 2.05) is 36.5 Å². The zero-order valence-corrected chi connectivity index (χ0v) is 10.1. The van der Waals surface area contributed by atoms with Crippen molar-refractivity contribution in [1.29, 1.82) is 5.41 Å². The van der Waals surface area contributed by atoms with E-state index in [1.54, 1.807) is 10.6 Å². The Morgan fingerprint density at radius 3 is 2.40 bits per heavy atom. The number of rotatable bonds is 1. The first kappa shape index (κ1) is 10.5. The summed E-state index contributed by atoms with van der Waals surface area (Å²) in [5, 5.41) is 8.46. The first-order valence-corrected chi connectivity index (χ1v) is 5.53. The molecule has 0 atom stereocenters. The molecule has 1 aromatic carbocycles. The van der Waals surface area contributed by atoms with Gasteiger partial charge in [-0.15, -0.1) is 0 Å². The van der Waals surface area contributed by atoms with Crippen molar-refractivity contribution in [2.75, 3.05) is 0 Å². The minimum Gasteiger partial charge on any atom is -0.301 e. The largest absolute Gasteiger partial charge is 0.301 e. The fourth-order valence-corrected chi connectivity index (χ4v) is 1.75. The molecule has 0 radical (unpaired) electrons. The molecule has 1 N–H and O–H groups in total. The molecule has 76 valence electrons. The van der Waals surface area contributed by atoms with E-state index in [1.165, 1.54) is 0 Å². The number of aromatic nitrogens is 1. The number of nitrogens with one attached hydrogen (secondary N) is 1. The summed E-state index contributed by atoms with van der Waals surface area (Å²) in [4.78, 5) is 0. The Morgan fingerprint density at radius 2 is 1.73 bits per heavy atom. The van der Waals surface area contributed by atoms with E-state index in [-0.39, 0.29) is 0 Å². The summed E-state index contributed by atoms with van der Waals surface area (Å²) in [7, 11) is 0. The molecule has 0 saturated carbocycles. The van der Waals surface area contributed by atoms with E-state index >= 15 is 0 Å². The molecule has 1 heterocycles. The smallest absolute Gasteiger partial charge is 0.129 e. The standard InChI is InChI=1S/C11H8BrClN2/c12-8-1-6-11(14)15(7-8)10-4-2-9(13)3-5-10/h1-7,14H. The van der Waals surface area contributed by atoms with Gasteiger partial charge in [0.2, 0.25) is 0 Å². The lowest BCUT2D eigenvalue weighted by molar-refractivity contribution is 0.920. The van der Waals surface area contributed by atoms with Crippen LogP contribution in [0.1, 0.15) is 0 Å². The monoisotopic (exact) mass is 282 g/mol. The van der Waals surface area contributed by atoms with Crippen molar-refractivity contribution in [3.8, 4) is 5.69 Å². The maximum atomic E-state index is 7.77. The van der Waals surface area contributed by atoms with Gasteiger partial charge in [-0.05, 0) is 52.3 Å². The van der Waals surface area contributed by atoms with Gasteiger partial charge in [0.25, 0.3) is 0 Å². The number of pyridine rings is 1. The van der Waals surface area contributed by atoms with Crippen LogP contribution in [-0.2, 0) is 0 Å². The van der Waals surface area contributed by atoms with Gasteiger partial charge in [0.1, 0.15) is 5.49 Å². The Balaban J connectivity index is 2.58. The average Bonchev–Trinajstić information content (AvgIpc) is 2.23. The van der Waals surface area contributed by atoms with E-state index in [9.17, 15) is 0 Å². The molecule has 2 aromatic rings. The highest BCUT2D eigenvalue weighted by atomic mass is 79.9. The second-order valence-electron chi connectivity index (χ2n) is 3.08. The fourth-order valence-electron chi connectivity index (χ4n) is 1.29. The molecule has 0 saturated heterocycles. The van der Waals surface area contributed by atoms with Crippen LogP contribution in [0.2, 0.25) is 5.02 Å². The van der Waals surface area contributed by atoms with Crippen LogP contribution in [-0.4, -0.2) is 4.57 Å². The van der Waals surface area contributed by atoms with Crippen LogP contribution < -0.4 is 5.49 Å². The van der Waals surface area contributed by atoms with Gasteiger partial charge in [-0.3, -0.25) is 5.41 Å². The highest BCUT2D eigenvalue weighted by Crippen LogP contribution is 2.13. The van der Waals surface area contributed by atoms with E-state index in [0.717, 1.165) is 10.2 Å². The summed E-state index contributed by atoms with van der Waals surface area (Å²) in [6.07, 6.45) is 1.85. The molecule has 0 bridgehead atoms. The Kier molecular flexibility index (Phi) is 2.93. The summed E-state index contributed by atoms with van der Waals surface area (Å²) in [5.41, 5.74) is 1.35. The Bertz CT molecular complexity index is 531. The third kappa shape index (κ3) is 2.30. The van der Waals surface area contributed by atoms with Crippen molar-refractivity contribution < 1.29 is 0 Å². The second-order valence-corrected chi connectivity index (χ2v) is 4.43. The van der Waals surface area contributed by atoms with Gasteiger partial charge < -0.3 is 4.57 Å². The van der Waals surface area contributed by atoms with Gasteiger partial charge in [-0.1, -0.05) is 11.6 Å². The van der Waals surface area contributed by atoms with Crippen molar-refractivity contribution >= 4 is 27.5 Å². The van der Waals surface area contributed by atoms with Crippen LogP contribution in [0.25, 0.3) is 5.69 Å². The first-order chi connectivity index (χ1) is 7.16. The predicted octanol–water partition coefficient (Wildman–Crippen LogP) is 3.37. The number of benzene rings is 1. The van der Waals surface area contributed by atoms with E-state index < -0.39 is 0 Å². The van der Waals surface area contributed by atoms with Crippen molar-refractivity contribution in [1.82, 2.24) is 4.57 Å². The van der Waals surface area contributed by atoms with Crippen molar-refractivity contribution in [3.63, 3.8) is 0 Å². The second kappa shape index (κ2) is 4.21. The van der Waals surface area contributed by atoms with Gasteiger partial charge in [0, 0.05) is 21.4 Å². The molecule has 0 spiro atoms. The first-order valence-electron chi connectivity index (χ1n) is 4.35. The van der Waals surface area contributed by atoms with Crippen LogP contribution in [0, 0.1) is 5.41 Å². The molecule has 1 aromatic heterocycles. The minimum atomic E-state index is 0.431. The number of hydrogen-bond donors (Lipinski definition) is 1. The number of nitrogens with zero attached hydrogens (tertiary/aromatic N) is 1. The summed E-state index contributed by atoms with van der Waals surface area (Å²) < 4.78 is 2.72. The molecule has 0 amide bonds. The summed E-state index contributed by atoms with van der Waals surface area (Å²) in [6, 6.07) is 11.0. The lowest BCUT2D eigenvalue weighted by atomic mass is 10.3. The zero-order chi connectivity index (χ0) is 10.8. The van der Waals surface area contributed by atoms with Gasteiger partial charge in [0.15, 0.2) is 0 Å². The fraction of sp³-hybridized carbons (Fsp3) is 0. The lowest BCUT2D eigenvalue weighted by Gasteiger charge is -2.07. The predicted molar refractivity (Wildman–Crippen MR) is 64.3 cm³/mol. The molecule has 0 aliphatic heterocycles. The van der Waals surface area contributed by atoms with Gasteiger partial charge in [-0.25, -0.2) is 0 Å². The maximum Gasteiger partial charge on any atom is 0.129 e. The molecule has 0 aliphatic rings. The Morgan fingerprint density at radius 1 is 1.07 bits per heavy atom. The van der Waals surface area contributed by atoms with Crippen molar-refractivity contribution in [3.05, 3.63) is 57.6 Å². The molecule has 0 unspecified atom stereocenters. The minimum absolute atomic E-state index is 0.431. The summed E-state index contributed by atoms with van der Waals surface area (Å²) in [5.74, 6) is 0. The molecule has 2 nitrogen and oxygen atoms in total. The van der Waals surface area contributed by atoms with Crippen LogP contribution in [0.5, 0.6) is 0 Å². The van der Waals surface area contributed by atoms with Crippen LogP contribution in [0.4, 0.5) is 0 Å². The third-order valence-corrected chi connectivity index (χ3v) is 2.74.